The molecule has 0 aliphatic heterocycles. The number of nitrogens with zero attached hydrogens (tertiary/aromatic N) is 2. The van der Waals surface area contributed by atoms with E-state index in [0.29, 0.717) is 0 Å². The number of hydrogen-bond acceptors (Lipinski definition) is 2. The molecule has 148 valence electrons. The maximum absolute atomic E-state index is 4.45. The zero-order valence-corrected chi connectivity index (χ0v) is 17.6. The Hall–Kier alpha value is -1.70. The predicted octanol–water partition coefficient (Wildman–Crippen LogP) is 7.56. The zero-order valence-electron chi connectivity index (χ0n) is 17.6. The molecule has 0 spiro atoms. The van der Waals surface area contributed by atoms with Gasteiger partial charge in [-0.1, -0.05) is 95.9 Å². The van der Waals surface area contributed by atoms with Crippen LogP contribution in [-0.2, 0) is 12.8 Å². The third-order valence-corrected chi connectivity index (χ3v) is 5.32. The molecular formula is C25H38N2. The molecular weight excluding hydrogens is 328 g/mol. The quantitative estimate of drug-likeness (QED) is 0.322. The predicted molar refractivity (Wildman–Crippen MR) is 117 cm³/mol. The van der Waals surface area contributed by atoms with E-state index < -0.39 is 0 Å². The second kappa shape index (κ2) is 13.5. The Balaban J connectivity index is 1.74. The van der Waals surface area contributed by atoms with Crippen LogP contribution in [0.4, 0.5) is 0 Å². The molecule has 0 amide bonds. The molecule has 1 heterocycles. The van der Waals surface area contributed by atoms with Crippen molar-refractivity contribution in [3.8, 4) is 11.3 Å². The summed E-state index contributed by atoms with van der Waals surface area (Å²) >= 11 is 0. The van der Waals surface area contributed by atoms with Crippen LogP contribution in [0.25, 0.3) is 11.3 Å². The summed E-state index contributed by atoms with van der Waals surface area (Å²) in [6, 6.07) is 13.2. The first kappa shape index (κ1) is 21.6. The van der Waals surface area contributed by atoms with Crippen molar-refractivity contribution in [2.75, 3.05) is 0 Å². The molecule has 0 fully saturated rings. The fourth-order valence-corrected chi connectivity index (χ4v) is 3.51. The number of benzene rings is 1. The molecule has 0 bridgehead atoms. The lowest BCUT2D eigenvalue weighted by atomic mass is 10.0. The maximum atomic E-state index is 4.45. The molecule has 0 N–H and O–H groups in total. The van der Waals surface area contributed by atoms with E-state index in [1.54, 1.807) is 0 Å². The molecule has 2 nitrogen and oxygen atoms in total. The molecule has 0 saturated heterocycles. The summed E-state index contributed by atoms with van der Waals surface area (Å²) in [5.74, 6) is 0. The van der Waals surface area contributed by atoms with Crippen molar-refractivity contribution in [3.63, 3.8) is 0 Å². The number of unbranched alkanes of at least 4 members (excludes halogenated alkanes) is 9. The SMILES string of the molecule is CCCCCCCCc1ccc(-c2ccc(CCCCCCC)cc2)nn1. The monoisotopic (exact) mass is 366 g/mol. The Bertz CT molecular complexity index is 601. The molecule has 2 aromatic rings. The first-order chi connectivity index (χ1) is 13.3. The van der Waals surface area contributed by atoms with Gasteiger partial charge in [-0.05, 0) is 43.4 Å². The van der Waals surface area contributed by atoms with Gasteiger partial charge in [-0.25, -0.2) is 0 Å². The highest BCUT2D eigenvalue weighted by molar-refractivity contribution is 5.58. The van der Waals surface area contributed by atoms with E-state index in [2.05, 4.69) is 60.4 Å². The van der Waals surface area contributed by atoms with Gasteiger partial charge >= 0.3 is 0 Å². The summed E-state index contributed by atoms with van der Waals surface area (Å²) < 4.78 is 0. The van der Waals surface area contributed by atoms with Gasteiger partial charge in [0.1, 0.15) is 0 Å². The Labute approximate surface area is 166 Å². The summed E-state index contributed by atoms with van der Waals surface area (Å²) in [6.45, 7) is 4.53. The van der Waals surface area contributed by atoms with Crippen LogP contribution in [0, 0.1) is 0 Å². The molecule has 27 heavy (non-hydrogen) atoms. The van der Waals surface area contributed by atoms with Crippen molar-refractivity contribution in [1.29, 1.82) is 0 Å². The minimum absolute atomic E-state index is 0.983. The van der Waals surface area contributed by atoms with Crippen molar-refractivity contribution < 1.29 is 0 Å². The Morgan fingerprint density at radius 3 is 1.74 bits per heavy atom. The minimum atomic E-state index is 0.983. The Morgan fingerprint density at radius 2 is 1.15 bits per heavy atom. The average Bonchev–Trinajstić information content (AvgIpc) is 2.71. The van der Waals surface area contributed by atoms with E-state index in [1.165, 1.54) is 88.2 Å². The average molecular weight is 367 g/mol. The molecule has 0 unspecified atom stereocenters. The van der Waals surface area contributed by atoms with Gasteiger partial charge in [0.25, 0.3) is 0 Å². The van der Waals surface area contributed by atoms with E-state index >= 15 is 0 Å². The standard InChI is InChI=1S/C25H38N2/c1-3-5-7-9-11-13-15-24-20-21-25(27-26-24)23-18-16-22(17-19-23)14-12-10-8-6-4-2/h16-21H,3-15H2,1-2H3. The molecule has 0 aliphatic carbocycles. The van der Waals surface area contributed by atoms with Gasteiger partial charge in [0, 0.05) is 5.56 Å². The Kier molecular flexibility index (Phi) is 10.8. The topological polar surface area (TPSA) is 25.8 Å². The molecule has 0 atom stereocenters. The molecule has 2 rings (SSSR count). The summed E-state index contributed by atoms with van der Waals surface area (Å²) in [5, 5.41) is 8.89. The molecule has 1 aromatic carbocycles. The smallest absolute Gasteiger partial charge is 0.0929 e. The Morgan fingerprint density at radius 1 is 0.556 bits per heavy atom. The van der Waals surface area contributed by atoms with Gasteiger partial charge in [0.15, 0.2) is 0 Å². The highest BCUT2D eigenvalue weighted by Gasteiger charge is 2.02. The second-order valence-electron chi connectivity index (χ2n) is 7.79. The van der Waals surface area contributed by atoms with Gasteiger partial charge in [-0.3, -0.25) is 0 Å². The lowest BCUT2D eigenvalue weighted by molar-refractivity contribution is 0.603. The van der Waals surface area contributed by atoms with Gasteiger partial charge in [0.05, 0.1) is 11.4 Å². The van der Waals surface area contributed by atoms with Crippen molar-refractivity contribution in [1.82, 2.24) is 10.2 Å². The third kappa shape index (κ3) is 8.69. The van der Waals surface area contributed by atoms with Crippen LogP contribution >= 0.6 is 0 Å². The number of rotatable bonds is 14. The van der Waals surface area contributed by atoms with Gasteiger partial charge in [0.2, 0.25) is 0 Å². The van der Waals surface area contributed by atoms with Gasteiger partial charge < -0.3 is 0 Å². The zero-order chi connectivity index (χ0) is 19.2. The molecule has 2 heteroatoms. The van der Waals surface area contributed by atoms with E-state index in [-0.39, 0.29) is 0 Å². The van der Waals surface area contributed by atoms with Crippen LogP contribution in [0.3, 0.4) is 0 Å². The van der Waals surface area contributed by atoms with Gasteiger partial charge in [-0.15, -0.1) is 0 Å². The van der Waals surface area contributed by atoms with E-state index in [0.717, 1.165) is 17.8 Å². The molecule has 0 radical (unpaired) electrons. The summed E-state index contributed by atoms with van der Waals surface area (Å²) in [5.41, 5.74) is 4.71. The summed E-state index contributed by atoms with van der Waals surface area (Å²) in [7, 11) is 0. The lowest BCUT2D eigenvalue weighted by Crippen LogP contribution is -1.95. The summed E-state index contributed by atoms with van der Waals surface area (Å²) in [4.78, 5) is 0. The second-order valence-corrected chi connectivity index (χ2v) is 7.79. The van der Waals surface area contributed by atoms with Crippen LogP contribution in [0.1, 0.15) is 95.7 Å². The van der Waals surface area contributed by atoms with Crippen LogP contribution in [-0.4, -0.2) is 10.2 Å². The fourth-order valence-electron chi connectivity index (χ4n) is 3.51. The number of aryl methyl sites for hydroxylation is 2. The van der Waals surface area contributed by atoms with E-state index in [4.69, 9.17) is 0 Å². The first-order valence-corrected chi connectivity index (χ1v) is 11.3. The van der Waals surface area contributed by atoms with Crippen molar-refractivity contribution in [2.24, 2.45) is 0 Å². The van der Waals surface area contributed by atoms with Crippen molar-refractivity contribution >= 4 is 0 Å². The van der Waals surface area contributed by atoms with Crippen LogP contribution < -0.4 is 0 Å². The third-order valence-electron chi connectivity index (χ3n) is 5.32. The molecule has 1 aromatic heterocycles. The van der Waals surface area contributed by atoms with E-state index in [9.17, 15) is 0 Å². The lowest BCUT2D eigenvalue weighted by Gasteiger charge is -2.05. The molecule has 0 saturated carbocycles. The first-order valence-electron chi connectivity index (χ1n) is 11.3. The van der Waals surface area contributed by atoms with E-state index in [1.807, 2.05) is 0 Å². The van der Waals surface area contributed by atoms with Crippen molar-refractivity contribution in [3.05, 3.63) is 47.7 Å². The fraction of sp³-hybridized carbons (Fsp3) is 0.600. The molecule has 0 aliphatic rings. The highest BCUT2D eigenvalue weighted by Crippen LogP contribution is 2.19. The number of aromatic nitrogens is 2. The number of hydrogen-bond donors (Lipinski definition) is 0. The minimum Gasteiger partial charge on any atom is -0.155 e. The van der Waals surface area contributed by atoms with Crippen LogP contribution in [0.2, 0.25) is 0 Å². The summed E-state index contributed by atoms with van der Waals surface area (Å²) in [6.07, 6.45) is 16.9. The maximum Gasteiger partial charge on any atom is 0.0929 e. The van der Waals surface area contributed by atoms with Gasteiger partial charge in [-0.2, -0.15) is 10.2 Å². The van der Waals surface area contributed by atoms with Crippen LogP contribution in [0.5, 0.6) is 0 Å². The largest absolute Gasteiger partial charge is 0.155 e. The van der Waals surface area contributed by atoms with Crippen LogP contribution in [0.15, 0.2) is 36.4 Å². The highest BCUT2D eigenvalue weighted by atomic mass is 15.1. The normalized spacial score (nSPS) is 11.0. The van der Waals surface area contributed by atoms with Crippen molar-refractivity contribution in [2.45, 2.75) is 97.3 Å².